The predicted molar refractivity (Wildman–Crippen MR) is 151 cm³/mol. The van der Waals surface area contributed by atoms with Gasteiger partial charge in [-0.1, -0.05) is 17.3 Å². The average molecular weight is 521 g/mol. The van der Waals surface area contributed by atoms with Gasteiger partial charge in [0.15, 0.2) is 0 Å². The molecule has 0 aliphatic carbocycles. The standard InChI is InChI=1S/C30H28N6O3/c1-16-26(17(2)39-35-16)22-14-23-21(15-25(22)37-4)27-29(32-18(3)33-30(27)34-23)20-8-9-31-28-19(20)6-5-7-24(28)36-10-12-38-13-11-36/h5-9,14-15H,10-13H2,1-4H3,(H,32,33,34). The van der Waals surface area contributed by atoms with Crippen LogP contribution in [0.2, 0.25) is 0 Å². The van der Waals surface area contributed by atoms with Gasteiger partial charge in [0.25, 0.3) is 0 Å². The van der Waals surface area contributed by atoms with Crippen molar-refractivity contribution in [3.63, 3.8) is 0 Å². The highest BCUT2D eigenvalue weighted by Gasteiger charge is 2.22. The van der Waals surface area contributed by atoms with Crippen molar-refractivity contribution in [2.45, 2.75) is 20.8 Å². The summed E-state index contributed by atoms with van der Waals surface area (Å²) in [6.45, 7) is 8.90. The number of fused-ring (bicyclic) bond motifs is 4. The molecule has 0 saturated carbocycles. The predicted octanol–water partition coefficient (Wildman–Crippen LogP) is 5.75. The quantitative estimate of drug-likeness (QED) is 0.313. The van der Waals surface area contributed by atoms with Gasteiger partial charge < -0.3 is 23.9 Å². The Balaban J connectivity index is 1.49. The van der Waals surface area contributed by atoms with Crippen molar-refractivity contribution in [2.75, 3.05) is 38.3 Å². The van der Waals surface area contributed by atoms with Crippen LogP contribution >= 0.6 is 0 Å². The summed E-state index contributed by atoms with van der Waals surface area (Å²) in [4.78, 5) is 20.5. The van der Waals surface area contributed by atoms with E-state index in [1.807, 2.05) is 33.0 Å². The summed E-state index contributed by atoms with van der Waals surface area (Å²) >= 11 is 0. The fourth-order valence-corrected chi connectivity index (χ4v) is 5.79. The van der Waals surface area contributed by atoms with Gasteiger partial charge in [-0.25, -0.2) is 9.97 Å². The van der Waals surface area contributed by atoms with E-state index in [9.17, 15) is 0 Å². The van der Waals surface area contributed by atoms with Crippen molar-refractivity contribution in [3.8, 4) is 28.1 Å². The first kappa shape index (κ1) is 23.6. The molecule has 2 aromatic carbocycles. The van der Waals surface area contributed by atoms with Crippen molar-refractivity contribution >= 4 is 38.5 Å². The molecule has 6 aromatic rings. The number of rotatable bonds is 4. The highest BCUT2D eigenvalue weighted by atomic mass is 16.5. The summed E-state index contributed by atoms with van der Waals surface area (Å²) in [5.74, 6) is 2.17. The molecule has 0 spiro atoms. The number of para-hydroxylation sites is 1. The lowest BCUT2D eigenvalue weighted by Crippen LogP contribution is -2.36. The number of ether oxygens (including phenoxy) is 2. The Kier molecular flexibility index (Phi) is 5.48. The van der Waals surface area contributed by atoms with Crippen LogP contribution in [0.1, 0.15) is 17.3 Å². The van der Waals surface area contributed by atoms with Crippen LogP contribution in [0.3, 0.4) is 0 Å². The number of anilines is 1. The third-order valence-corrected chi connectivity index (χ3v) is 7.54. The lowest BCUT2D eigenvalue weighted by Gasteiger charge is -2.29. The van der Waals surface area contributed by atoms with Crippen LogP contribution in [0.4, 0.5) is 5.69 Å². The number of morpholine rings is 1. The molecular formula is C30H28N6O3. The molecule has 9 nitrogen and oxygen atoms in total. The molecule has 7 rings (SSSR count). The minimum atomic E-state index is 0.691. The first-order valence-electron chi connectivity index (χ1n) is 13.1. The van der Waals surface area contributed by atoms with Crippen molar-refractivity contribution < 1.29 is 14.0 Å². The van der Waals surface area contributed by atoms with E-state index in [0.29, 0.717) is 5.82 Å². The van der Waals surface area contributed by atoms with Gasteiger partial charge in [0.05, 0.1) is 53.9 Å². The van der Waals surface area contributed by atoms with Crippen molar-refractivity contribution in [1.29, 1.82) is 0 Å². The lowest BCUT2D eigenvalue weighted by atomic mass is 9.98. The van der Waals surface area contributed by atoms with Crippen LogP contribution < -0.4 is 9.64 Å². The Labute approximate surface area is 224 Å². The topological polar surface area (TPSA) is 102 Å². The van der Waals surface area contributed by atoms with Crippen LogP contribution in [-0.2, 0) is 4.74 Å². The Morgan fingerprint density at radius 2 is 1.82 bits per heavy atom. The van der Waals surface area contributed by atoms with Gasteiger partial charge in [-0.05, 0) is 45.0 Å². The van der Waals surface area contributed by atoms with Crippen LogP contribution in [0.5, 0.6) is 5.75 Å². The number of aromatic amines is 1. The van der Waals surface area contributed by atoms with E-state index in [1.54, 1.807) is 7.11 Å². The number of nitrogens with zero attached hydrogens (tertiary/aromatic N) is 5. The van der Waals surface area contributed by atoms with Crippen LogP contribution in [0.15, 0.2) is 47.1 Å². The lowest BCUT2D eigenvalue weighted by molar-refractivity contribution is 0.123. The van der Waals surface area contributed by atoms with E-state index in [4.69, 9.17) is 28.9 Å². The minimum Gasteiger partial charge on any atom is -0.496 e. The molecule has 0 unspecified atom stereocenters. The Morgan fingerprint density at radius 1 is 0.974 bits per heavy atom. The number of pyridine rings is 1. The fraction of sp³-hybridized carbons (Fsp3) is 0.267. The maximum absolute atomic E-state index is 5.88. The van der Waals surface area contributed by atoms with Gasteiger partial charge in [0, 0.05) is 46.7 Å². The Morgan fingerprint density at radius 3 is 2.59 bits per heavy atom. The maximum Gasteiger partial charge on any atom is 0.142 e. The molecule has 39 heavy (non-hydrogen) atoms. The molecule has 9 heteroatoms. The molecule has 4 aromatic heterocycles. The first-order chi connectivity index (χ1) is 19.0. The van der Waals surface area contributed by atoms with Crippen molar-refractivity contribution in [3.05, 3.63) is 59.9 Å². The molecule has 1 aliphatic rings. The Hall–Kier alpha value is -4.50. The van der Waals surface area contributed by atoms with Gasteiger partial charge >= 0.3 is 0 Å². The molecule has 1 saturated heterocycles. The number of hydrogen-bond acceptors (Lipinski definition) is 8. The summed E-state index contributed by atoms with van der Waals surface area (Å²) in [5, 5.41) is 7.13. The second-order valence-corrected chi connectivity index (χ2v) is 9.90. The van der Waals surface area contributed by atoms with Gasteiger partial charge in [0.2, 0.25) is 0 Å². The monoisotopic (exact) mass is 520 g/mol. The van der Waals surface area contributed by atoms with Gasteiger partial charge in [-0.15, -0.1) is 0 Å². The molecule has 196 valence electrons. The summed E-state index contributed by atoms with van der Waals surface area (Å²) in [6.07, 6.45) is 1.87. The number of aryl methyl sites for hydroxylation is 3. The number of nitrogens with one attached hydrogen (secondary N) is 1. The number of aromatic nitrogens is 5. The van der Waals surface area contributed by atoms with Crippen molar-refractivity contribution in [2.24, 2.45) is 0 Å². The third-order valence-electron chi connectivity index (χ3n) is 7.54. The van der Waals surface area contributed by atoms with Crippen LogP contribution in [0, 0.1) is 20.8 Å². The second kappa shape index (κ2) is 9.06. The van der Waals surface area contributed by atoms with Gasteiger partial charge in [-0.3, -0.25) is 4.98 Å². The molecule has 5 heterocycles. The van der Waals surface area contributed by atoms with Crippen LogP contribution in [-0.4, -0.2) is 58.5 Å². The largest absolute Gasteiger partial charge is 0.496 e. The molecule has 1 aliphatic heterocycles. The molecule has 1 fully saturated rings. The molecule has 0 amide bonds. The van der Waals surface area contributed by atoms with E-state index < -0.39 is 0 Å². The first-order valence-corrected chi connectivity index (χ1v) is 13.1. The second-order valence-electron chi connectivity index (χ2n) is 9.90. The van der Waals surface area contributed by atoms with E-state index >= 15 is 0 Å². The number of methoxy groups -OCH3 is 1. The smallest absolute Gasteiger partial charge is 0.142 e. The third kappa shape index (κ3) is 3.72. The molecule has 1 N–H and O–H groups in total. The minimum absolute atomic E-state index is 0.691. The number of hydrogen-bond donors (Lipinski definition) is 1. The molecule has 0 bridgehead atoms. The summed E-state index contributed by atoms with van der Waals surface area (Å²) < 4.78 is 16.9. The normalized spacial score (nSPS) is 14.1. The van der Waals surface area contributed by atoms with E-state index in [0.717, 1.165) is 104 Å². The van der Waals surface area contributed by atoms with Crippen molar-refractivity contribution in [1.82, 2.24) is 25.1 Å². The summed E-state index contributed by atoms with van der Waals surface area (Å²) in [6, 6.07) is 12.5. The molecule has 0 atom stereocenters. The maximum atomic E-state index is 5.88. The van der Waals surface area contributed by atoms with Crippen LogP contribution in [0.25, 0.3) is 55.2 Å². The zero-order valence-corrected chi connectivity index (χ0v) is 22.3. The Bertz CT molecular complexity index is 1860. The zero-order valence-electron chi connectivity index (χ0n) is 22.3. The highest BCUT2D eigenvalue weighted by Crippen LogP contribution is 2.42. The fourth-order valence-electron chi connectivity index (χ4n) is 5.79. The number of benzene rings is 2. The summed E-state index contributed by atoms with van der Waals surface area (Å²) in [7, 11) is 1.68. The average Bonchev–Trinajstić information content (AvgIpc) is 3.49. The molecule has 0 radical (unpaired) electrons. The van der Waals surface area contributed by atoms with Gasteiger partial charge in [0.1, 0.15) is 23.0 Å². The van der Waals surface area contributed by atoms with E-state index in [1.165, 1.54) is 0 Å². The van der Waals surface area contributed by atoms with E-state index in [2.05, 4.69) is 45.4 Å². The highest BCUT2D eigenvalue weighted by molar-refractivity contribution is 6.16. The number of H-pyrrole nitrogens is 1. The van der Waals surface area contributed by atoms with E-state index in [-0.39, 0.29) is 0 Å². The summed E-state index contributed by atoms with van der Waals surface area (Å²) in [5.41, 5.74) is 8.34. The SMILES string of the molecule is COc1cc2c(cc1-c1c(C)noc1C)[nH]c1nc(C)nc(-c3ccnc4c(N5CCOCC5)cccc34)c12. The zero-order chi connectivity index (χ0) is 26.7. The van der Waals surface area contributed by atoms with Gasteiger partial charge in [-0.2, -0.15) is 0 Å². The molecular weight excluding hydrogens is 492 g/mol.